The molecule has 4 nitrogen and oxygen atoms in total. The van der Waals surface area contributed by atoms with Crippen LogP contribution in [0.4, 0.5) is 4.79 Å². The van der Waals surface area contributed by atoms with E-state index in [2.05, 4.69) is 54.0 Å². The Morgan fingerprint density at radius 2 is 1.70 bits per heavy atom. The molecule has 1 aromatic carbocycles. The Labute approximate surface area is 163 Å². The van der Waals surface area contributed by atoms with Crippen molar-refractivity contribution in [2.75, 3.05) is 0 Å². The van der Waals surface area contributed by atoms with E-state index in [4.69, 9.17) is 4.74 Å². The second-order valence-corrected chi connectivity index (χ2v) is 9.11. The molecule has 2 N–H and O–H groups in total. The van der Waals surface area contributed by atoms with E-state index in [1.54, 1.807) is 0 Å². The number of hydrogen-bond acceptors (Lipinski definition) is 3. The molecule has 0 spiro atoms. The van der Waals surface area contributed by atoms with Gasteiger partial charge in [-0.15, -0.1) is 0 Å². The van der Waals surface area contributed by atoms with Crippen LogP contribution >= 0.6 is 0 Å². The fraction of sp³-hybridized carbons (Fsp3) is 0.609. The molecule has 1 aromatic rings. The highest BCUT2D eigenvalue weighted by Gasteiger charge is 2.39. The molecule has 3 rings (SSSR count). The van der Waals surface area contributed by atoms with E-state index in [1.807, 2.05) is 20.8 Å². The van der Waals surface area contributed by atoms with Gasteiger partial charge in [-0.2, -0.15) is 0 Å². The Hall–Kier alpha value is -1.81. The van der Waals surface area contributed by atoms with Gasteiger partial charge in [-0.25, -0.2) is 4.79 Å². The average molecular weight is 371 g/mol. The standard InChI is InChI=1S/C23H34N2O2/c1-16(14-17-8-6-5-7-9-17)20-15-21(20)24-18-10-12-19(13-11-18)25-22(26)27-23(2,3)4/h5-9,14,18-21,24H,10-13,15H2,1-4H3,(H,25,26)/b16-14+/t18?,19?,20-,21?/m1/s1. The largest absolute Gasteiger partial charge is 0.444 e. The first-order chi connectivity index (χ1) is 12.8. The highest BCUT2D eigenvalue weighted by molar-refractivity contribution is 5.68. The molecule has 0 heterocycles. The van der Waals surface area contributed by atoms with Gasteiger partial charge in [0.25, 0.3) is 0 Å². The Morgan fingerprint density at radius 3 is 2.33 bits per heavy atom. The molecule has 2 aliphatic rings. The van der Waals surface area contributed by atoms with Crippen molar-refractivity contribution in [2.24, 2.45) is 5.92 Å². The van der Waals surface area contributed by atoms with Crippen LogP contribution in [0.2, 0.25) is 0 Å². The lowest BCUT2D eigenvalue weighted by Gasteiger charge is -2.30. The quantitative estimate of drug-likeness (QED) is 0.775. The minimum Gasteiger partial charge on any atom is -0.444 e. The average Bonchev–Trinajstić information content (AvgIpc) is 3.35. The van der Waals surface area contributed by atoms with Crippen molar-refractivity contribution in [1.82, 2.24) is 10.6 Å². The van der Waals surface area contributed by atoms with Crippen LogP contribution in [-0.2, 0) is 4.74 Å². The Balaban J connectivity index is 1.38. The van der Waals surface area contributed by atoms with Gasteiger partial charge in [-0.3, -0.25) is 0 Å². The summed E-state index contributed by atoms with van der Waals surface area (Å²) in [6.07, 6.45) is 7.54. The molecule has 1 unspecified atom stereocenters. The van der Waals surface area contributed by atoms with E-state index in [9.17, 15) is 4.79 Å². The first kappa shape index (κ1) is 19.9. The lowest BCUT2D eigenvalue weighted by molar-refractivity contribution is 0.0489. The molecule has 2 atom stereocenters. The second kappa shape index (κ2) is 8.47. The highest BCUT2D eigenvalue weighted by atomic mass is 16.6. The van der Waals surface area contributed by atoms with E-state index < -0.39 is 5.60 Å². The van der Waals surface area contributed by atoms with E-state index in [0.717, 1.165) is 25.7 Å². The fourth-order valence-corrected chi connectivity index (χ4v) is 3.98. The van der Waals surface area contributed by atoms with E-state index >= 15 is 0 Å². The molecule has 148 valence electrons. The summed E-state index contributed by atoms with van der Waals surface area (Å²) in [6, 6.07) is 12.0. The summed E-state index contributed by atoms with van der Waals surface area (Å²) >= 11 is 0. The molecule has 0 aliphatic heterocycles. The molecule has 0 saturated heterocycles. The lowest BCUT2D eigenvalue weighted by Crippen LogP contribution is -2.44. The Bertz CT molecular complexity index is 655. The third-order valence-electron chi connectivity index (χ3n) is 5.47. The van der Waals surface area contributed by atoms with Gasteiger partial charge in [0.2, 0.25) is 0 Å². The van der Waals surface area contributed by atoms with Gasteiger partial charge in [-0.05, 0) is 71.3 Å². The molecule has 4 heteroatoms. The minimum atomic E-state index is -0.436. The summed E-state index contributed by atoms with van der Waals surface area (Å²) in [5, 5.41) is 6.86. The van der Waals surface area contributed by atoms with Crippen molar-refractivity contribution in [3.63, 3.8) is 0 Å². The summed E-state index contributed by atoms with van der Waals surface area (Å²) in [4.78, 5) is 11.9. The van der Waals surface area contributed by atoms with Crippen molar-refractivity contribution in [3.8, 4) is 0 Å². The van der Waals surface area contributed by atoms with Crippen molar-refractivity contribution >= 4 is 12.2 Å². The summed E-state index contributed by atoms with van der Waals surface area (Å²) in [5.41, 5.74) is 2.32. The number of carbonyl (C=O) groups is 1. The monoisotopic (exact) mass is 370 g/mol. The van der Waals surface area contributed by atoms with E-state index in [1.165, 1.54) is 17.6 Å². The lowest BCUT2D eigenvalue weighted by atomic mass is 9.91. The summed E-state index contributed by atoms with van der Waals surface area (Å²) < 4.78 is 5.36. The van der Waals surface area contributed by atoms with Gasteiger partial charge in [-0.1, -0.05) is 42.0 Å². The Kier molecular flexibility index (Phi) is 6.25. The van der Waals surface area contributed by atoms with Crippen LogP contribution in [-0.4, -0.2) is 29.8 Å². The first-order valence-corrected chi connectivity index (χ1v) is 10.3. The van der Waals surface area contributed by atoms with Crippen LogP contribution in [0.15, 0.2) is 35.9 Å². The molecule has 2 fully saturated rings. The first-order valence-electron chi connectivity index (χ1n) is 10.3. The van der Waals surface area contributed by atoms with Crippen molar-refractivity contribution < 1.29 is 9.53 Å². The van der Waals surface area contributed by atoms with Crippen molar-refractivity contribution in [1.29, 1.82) is 0 Å². The van der Waals surface area contributed by atoms with Crippen LogP contribution in [0, 0.1) is 5.92 Å². The smallest absolute Gasteiger partial charge is 0.407 e. The van der Waals surface area contributed by atoms with Crippen LogP contribution < -0.4 is 10.6 Å². The number of carbonyl (C=O) groups excluding carboxylic acids is 1. The molecule has 0 radical (unpaired) electrons. The summed E-state index contributed by atoms with van der Waals surface area (Å²) in [7, 11) is 0. The van der Waals surface area contributed by atoms with E-state index in [-0.39, 0.29) is 12.1 Å². The van der Waals surface area contributed by atoms with Gasteiger partial charge >= 0.3 is 6.09 Å². The van der Waals surface area contributed by atoms with Crippen molar-refractivity contribution in [3.05, 3.63) is 41.5 Å². The zero-order valence-corrected chi connectivity index (χ0v) is 17.1. The number of amides is 1. The molecule has 2 aliphatic carbocycles. The number of rotatable bonds is 5. The second-order valence-electron chi connectivity index (χ2n) is 9.11. The normalized spacial score (nSPS) is 28.5. The third kappa shape index (κ3) is 6.39. The third-order valence-corrected chi connectivity index (χ3v) is 5.47. The maximum absolute atomic E-state index is 11.9. The maximum Gasteiger partial charge on any atom is 0.407 e. The number of hydrogen-bond donors (Lipinski definition) is 2. The maximum atomic E-state index is 11.9. The zero-order valence-electron chi connectivity index (χ0n) is 17.1. The zero-order chi connectivity index (χ0) is 19.4. The molecule has 1 amide bonds. The molecule has 0 bridgehead atoms. The van der Waals surface area contributed by atoms with Gasteiger partial charge in [0.05, 0.1) is 0 Å². The van der Waals surface area contributed by atoms with E-state index in [0.29, 0.717) is 18.0 Å². The molecule has 0 aromatic heterocycles. The number of benzene rings is 1. The van der Waals surface area contributed by atoms with Crippen LogP contribution in [0.5, 0.6) is 0 Å². The fourth-order valence-electron chi connectivity index (χ4n) is 3.98. The molecular formula is C23H34N2O2. The predicted octanol–water partition coefficient (Wildman–Crippen LogP) is 4.90. The minimum absolute atomic E-state index is 0.243. The molecular weight excluding hydrogens is 336 g/mol. The van der Waals surface area contributed by atoms with Crippen LogP contribution in [0.1, 0.15) is 65.4 Å². The number of nitrogens with one attached hydrogen (secondary N) is 2. The SMILES string of the molecule is C/C(=C\c1ccccc1)[C@H]1CC1NC1CCC(NC(=O)OC(C)(C)C)CC1. The van der Waals surface area contributed by atoms with Gasteiger partial charge in [0.15, 0.2) is 0 Å². The topological polar surface area (TPSA) is 50.4 Å². The van der Waals surface area contributed by atoms with Gasteiger partial charge in [0, 0.05) is 18.1 Å². The number of alkyl carbamates (subject to hydrolysis) is 1. The molecule has 27 heavy (non-hydrogen) atoms. The number of ether oxygens (including phenoxy) is 1. The van der Waals surface area contributed by atoms with Crippen LogP contribution in [0.3, 0.4) is 0 Å². The van der Waals surface area contributed by atoms with Crippen molar-refractivity contribution in [2.45, 2.75) is 83.5 Å². The van der Waals surface area contributed by atoms with Crippen LogP contribution in [0.25, 0.3) is 6.08 Å². The van der Waals surface area contributed by atoms with Gasteiger partial charge < -0.3 is 15.4 Å². The van der Waals surface area contributed by atoms with Gasteiger partial charge in [0.1, 0.15) is 5.60 Å². The highest BCUT2D eigenvalue weighted by Crippen LogP contribution is 2.39. The predicted molar refractivity (Wildman–Crippen MR) is 111 cm³/mol. The Morgan fingerprint density at radius 1 is 1.07 bits per heavy atom. The summed E-state index contributed by atoms with van der Waals surface area (Å²) in [6.45, 7) is 7.94. The summed E-state index contributed by atoms with van der Waals surface area (Å²) in [5.74, 6) is 0.669. The molecule has 2 saturated carbocycles.